The second-order valence-electron chi connectivity index (χ2n) is 8.31. The highest BCUT2D eigenvalue weighted by atomic mass is 19.1. The van der Waals surface area contributed by atoms with Crippen molar-refractivity contribution in [2.75, 3.05) is 4.90 Å². The van der Waals surface area contributed by atoms with Crippen molar-refractivity contribution < 1.29 is 9.18 Å². The van der Waals surface area contributed by atoms with Crippen LogP contribution in [-0.2, 0) is 4.79 Å². The quantitative estimate of drug-likeness (QED) is 0.426. The molecule has 0 aromatic heterocycles. The van der Waals surface area contributed by atoms with Crippen LogP contribution < -0.4 is 4.90 Å². The van der Waals surface area contributed by atoms with Crippen LogP contribution in [0.5, 0.6) is 0 Å². The lowest BCUT2D eigenvalue weighted by Crippen LogP contribution is -2.41. The minimum atomic E-state index is -0.230. The largest absolute Gasteiger partial charge is 0.310 e. The molecule has 0 aliphatic carbocycles. The van der Waals surface area contributed by atoms with Crippen molar-refractivity contribution in [3.8, 4) is 11.1 Å². The maximum atomic E-state index is 13.1. The fraction of sp³-hybridized carbons (Fsp3) is 0.296. The van der Waals surface area contributed by atoms with Crippen molar-refractivity contribution in [2.45, 2.75) is 53.0 Å². The first kappa shape index (κ1) is 21.8. The Hall–Kier alpha value is -2.94. The maximum Gasteiger partial charge on any atom is 0.224 e. The van der Waals surface area contributed by atoms with E-state index in [-0.39, 0.29) is 17.8 Å². The number of benzene rings is 3. The minimum Gasteiger partial charge on any atom is -0.310 e. The molecule has 1 aliphatic rings. The van der Waals surface area contributed by atoms with Gasteiger partial charge in [0, 0.05) is 18.7 Å². The molecule has 0 radical (unpaired) electrons. The van der Waals surface area contributed by atoms with Gasteiger partial charge in [0.15, 0.2) is 0 Å². The van der Waals surface area contributed by atoms with Crippen LogP contribution in [0.25, 0.3) is 11.1 Å². The SMILES string of the molecule is CC(=O)N1c2ccc(-c3ccc(F)cc3)cc2C(C)CC1C.Cc1ccc(C)cc1. The van der Waals surface area contributed by atoms with E-state index in [1.807, 2.05) is 17.0 Å². The topological polar surface area (TPSA) is 20.3 Å². The van der Waals surface area contributed by atoms with E-state index in [4.69, 9.17) is 0 Å². The Bertz CT molecular complexity index is 987. The summed E-state index contributed by atoms with van der Waals surface area (Å²) in [5.41, 5.74) is 6.90. The molecule has 1 heterocycles. The van der Waals surface area contributed by atoms with Gasteiger partial charge in [0.05, 0.1) is 0 Å². The van der Waals surface area contributed by atoms with Gasteiger partial charge >= 0.3 is 0 Å². The Labute approximate surface area is 179 Å². The highest BCUT2D eigenvalue weighted by molar-refractivity contribution is 5.94. The molecule has 1 aliphatic heterocycles. The molecule has 0 N–H and O–H groups in total. The summed E-state index contributed by atoms with van der Waals surface area (Å²) in [6.07, 6.45) is 0.958. The normalized spacial score (nSPS) is 17.6. The number of fused-ring (bicyclic) bond motifs is 1. The van der Waals surface area contributed by atoms with Crippen LogP contribution in [0.3, 0.4) is 0 Å². The van der Waals surface area contributed by atoms with E-state index in [1.54, 1.807) is 19.1 Å². The molecule has 4 rings (SSSR count). The van der Waals surface area contributed by atoms with Crippen LogP contribution in [0.2, 0.25) is 0 Å². The summed E-state index contributed by atoms with van der Waals surface area (Å²) in [6, 6.07) is 21.4. The molecular formula is C27H30FNO. The lowest BCUT2D eigenvalue weighted by atomic mass is 9.85. The van der Waals surface area contributed by atoms with Crippen LogP contribution >= 0.6 is 0 Å². The molecule has 0 bridgehead atoms. The maximum absolute atomic E-state index is 13.1. The van der Waals surface area contributed by atoms with Crippen LogP contribution in [0.1, 0.15) is 49.8 Å². The number of aryl methyl sites for hydroxylation is 2. The van der Waals surface area contributed by atoms with Crippen molar-refractivity contribution >= 4 is 11.6 Å². The molecular weight excluding hydrogens is 373 g/mol. The highest BCUT2D eigenvalue weighted by Crippen LogP contribution is 2.40. The van der Waals surface area contributed by atoms with Gasteiger partial charge < -0.3 is 4.90 Å². The zero-order valence-electron chi connectivity index (χ0n) is 18.4. The van der Waals surface area contributed by atoms with Crippen molar-refractivity contribution in [1.29, 1.82) is 0 Å². The summed E-state index contributed by atoms with van der Waals surface area (Å²) in [5.74, 6) is 0.253. The summed E-state index contributed by atoms with van der Waals surface area (Å²) in [7, 11) is 0. The van der Waals surface area contributed by atoms with E-state index >= 15 is 0 Å². The van der Waals surface area contributed by atoms with Gasteiger partial charge in [-0.1, -0.05) is 60.5 Å². The van der Waals surface area contributed by atoms with Crippen molar-refractivity contribution in [3.05, 3.63) is 89.2 Å². The molecule has 0 fully saturated rings. The Morgan fingerprint density at radius 1 is 0.867 bits per heavy atom. The highest BCUT2D eigenvalue weighted by Gasteiger charge is 2.30. The van der Waals surface area contributed by atoms with Crippen LogP contribution in [0.4, 0.5) is 10.1 Å². The average Bonchev–Trinajstić information content (AvgIpc) is 2.71. The van der Waals surface area contributed by atoms with E-state index in [9.17, 15) is 9.18 Å². The second kappa shape index (κ2) is 9.25. The van der Waals surface area contributed by atoms with E-state index < -0.39 is 0 Å². The smallest absolute Gasteiger partial charge is 0.224 e. The van der Waals surface area contributed by atoms with Crippen molar-refractivity contribution in [3.63, 3.8) is 0 Å². The van der Waals surface area contributed by atoms with E-state index in [0.717, 1.165) is 23.2 Å². The standard InChI is InChI=1S/C19H20FNO.C8H10/c1-12-10-13(2)21(14(3)22)19-9-6-16(11-18(12)19)15-4-7-17(20)8-5-15;1-7-3-5-8(2)6-4-7/h4-9,11-13H,10H2,1-3H3;3-6H,1-2H3. The van der Waals surface area contributed by atoms with Gasteiger partial charge in [0.1, 0.15) is 5.82 Å². The molecule has 2 atom stereocenters. The number of halogens is 1. The fourth-order valence-corrected chi connectivity index (χ4v) is 4.09. The monoisotopic (exact) mass is 403 g/mol. The lowest BCUT2D eigenvalue weighted by molar-refractivity contribution is -0.117. The van der Waals surface area contributed by atoms with Gasteiger partial charge in [0.2, 0.25) is 5.91 Å². The molecule has 30 heavy (non-hydrogen) atoms. The predicted octanol–water partition coefficient (Wildman–Crippen LogP) is 7.04. The van der Waals surface area contributed by atoms with Crippen molar-refractivity contribution in [1.82, 2.24) is 0 Å². The molecule has 2 nitrogen and oxygen atoms in total. The summed E-state index contributed by atoms with van der Waals surface area (Å²) >= 11 is 0. The predicted molar refractivity (Wildman–Crippen MR) is 123 cm³/mol. The van der Waals surface area contributed by atoms with E-state index in [2.05, 4.69) is 58.0 Å². The Morgan fingerprint density at radius 3 is 1.93 bits per heavy atom. The number of rotatable bonds is 1. The van der Waals surface area contributed by atoms with Gasteiger partial charge in [-0.25, -0.2) is 4.39 Å². The summed E-state index contributed by atoms with van der Waals surface area (Å²) < 4.78 is 13.1. The number of carbonyl (C=O) groups is 1. The van der Waals surface area contributed by atoms with Crippen LogP contribution in [0.15, 0.2) is 66.7 Å². The van der Waals surface area contributed by atoms with Gasteiger partial charge in [-0.3, -0.25) is 4.79 Å². The number of anilines is 1. The molecule has 0 saturated carbocycles. The number of hydrogen-bond donors (Lipinski definition) is 0. The molecule has 3 aromatic carbocycles. The fourth-order valence-electron chi connectivity index (χ4n) is 4.09. The third-order valence-corrected chi connectivity index (χ3v) is 5.69. The van der Waals surface area contributed by atoms with Gasteiger partial charge in [-0.15, -0.1) is 0 Å². The molecule has 2 unspecified atom stereocenters. The third-order valence-electron chi connectivity index (χ3n) is 5.69. The first-order valence-electron chi connectivity index (χ1n) is 10.5. The Balaban J connectivity index is 0.000000269. The van der Waals surface area contributed by atoms with E-state index in [0.29, 0.717) is 5.92 Å². The Kier molecular flexibility index (Phi) is 6.71. The number of carbonyl (C=O) groups excluding carboxylic acids is 1. The van der Waals surface area contributed by atoms with Crippen LogP contribution in [-0.4, -0.2) is 11.9 Å². The molecule has 3 aromatic rings. The van der Waals surface area contributed by atoms with Crippen LogP contribution in [0, 0.1) is 19.7 Å². The molecule has 1 amide bonds. The third kappa shape index (κ3) is 4.96. The Morgan fingerprint density at radius 2 is 1.40 bits per heavy atom. The minimum absolute atomic E-state index is 0.0789. The van der Waals surface area contributed by atoms with Gasteiger partial charge in [0.25, 0.3) is 0 Å². The number of nitrogens with zero attached hydrogens (tertiary/aromatic N) is 1. The van der Waals surface area contributed by atoms with Gasteiger partial charge in [-0.2, -0.15) is 0 Å². The molecule has 0 saturated heterocycles. The zero-order chi connectivity index (χ0) is 21.8. The number of amides is 1. The summed E-state index contributed by atoms with van der Waals surface area (Å²) in [6.45, 7) is 10.1. The lowest BCUT2D eigenvalue weighted by Gasteiger charge is -2.38. The van der Waals surface area contributed by atoms with E-state index in [1.165, 1.54) is 28.8 Å². The second-order valence-corrected chi connectivity index (χ2v) is 8.31. The molecule has 3 heteroatoms. The first-order chi connectivity index (χ1) is 14.3. The molecule has 156 valence electrons. The molecule has 0 spiro atoms. The van der Waals surface area contributed by atoms with Gasteiger partial charge in [-0.05, 0) is 74.1 Å². The van der Waals surface area contributed by atoms with Crippen molar-refractivity contribution in [2.24, 2.45) is 0 Å². The first-order valence-corrected chi connectivity index (χ1v) is 10.5. The average molecular weight is 404 g/mol. The summed E-state index contributed by atoms with van der Waals surface area (Å²) in [4.78, 5) is 13.8. The zero-order valence-corrected chi connectivity index (χ0v) is 18.4. The summed E-state index contributed by atoms with van der Waals surface area (Å²) in [5, 5.41) is 0. The number of hydrogen-bond acceptors (Lipinski definition) is 1.